The topological polar surface area (TPSA) is 52.7 Å². The lowest BCUT2D eigenvalue weighted by molar-refractivity contribution is -0.120. The van der Waals surface area contributed by atoms with E-state index in [-0.39, 0.29) is 11.9 Å². The minimum Gasteiger partial charge on any atom is -0.356 e. The molecule has 1 aliphatic heterocycles. The predicted molar refractivity (Wildman–Crippen MR) is 112 cm³/mol. The first-order valence-electron chi connectivity index (χ1n) is 9.90. The first kappa shape index (κ1) is 19.9. The monoisotopic (exact) mass is 379 g/mol. The number of rotatable bonds is 5. The summed E-state index contributed by atoms with van der Waals surface area (Å²) in [6.45, 7) is 2.21. The molecule has 1 saturated heterocycles. The molecule has 0 unspecified atom stereocenters. The Morgan fingerprint density at radius 3 is 2.18 bits per heavy atom. The lowest BCUT2D eigenvalue weighted by atomic mass is 9.97. The van der Waals surface area contributed by atoms with Gasteiger partial charge in [0.15, 0.2) is 0 Å². The molecule has 0 spiro atoms. The van der Waals surface area contributed by atoms with Crippen LogP contribution in [0, 0.1) is 5.92 Å². The second kappa shape index (κ2) is 9.40. The largest absolute Gasteiger partial charge is 0.356 e. The van der Waals surface area contributed by atoms with Gasteiger partial charge in [-0.15, -0.1) is 0 Å². The Kier molecular flexibility index (Phi) is 6.69. The third-order valence-corrected chi connectivity index (χ3v) is 5.28. The summed E-state index contributed by atoms with van der Waals surface area (Å²) in [5.74, 6) is 0.495. The molecule has 2 aromatic carbocycles. The van der Waals surface area contributed by atoms with Gasteiger partial charge < -0.3 is 15.1 Å². The fourth-order valence-corrected chi connectivity index (χ4v) is 3.56. The summed E-state index contributed by atoms with van der Waals surface area (Å²) in [6, 6.07) is 18.5. The van der Waals surface area contributed by atoms with Gasteiger partial charge in [0.05, 0.1) is 6.42 Å². The Labute approximate surface area is 167 Å². The zero-order valence-corrected chi connectivity index (χ0v) is 16.7. The second-order valence-electron chi connectivity index (χ2n) is 7.65. The van der Waals surface area contributed by atoms with Crippen molar-refractivity contribution in [2.75, 3.05) is 33.7 Å². The van der Waals surface area contributed by atoms with Gasteiger partial charge in [-0.2, -0.15) is 0 Å². The van der Waals surface area contributed by atoms with Gasteiger partial charge in [-0.1, -0.05) is 54.6 Å². The number of amides is 3. The number of hydrogen-bond acceptors (Lipinski definition) is 2. The molecular formula is C23H29N3O2. The molecule has 5 heteroatoms. The van der Waals surface area contributed by atoms with E-state index >= 15 is 0 Å². The fraction of sp³-hybridized carbons (Fsp3) is 0.391. The van der Waals surface area contributed by atoms with Crippen LogP contribution in [0.5, 0.6) is 0 Å². The van der Waals surface area contributed by atoms with Gasteiger partial charge in [0, 0.05) is 33.7 Å². The van der Waals surface area contributed by atoms with Crippen molar-refractivity contribution in [2.45, 2.75) is 19.3 Å². The van der Waals surface area contributed by atoms with Gasteiger partial charge in [-0.3, -0.25) is 4.79 Å². The van der Waals surface area contributed by atoms with Crippen LogP contribution in [0.3, 0.4) is 0 Å². The van der Waals surface area contributed by atoms with E-state index in [2.05, 4.69) is 29.6 Å². The molecule has 1 fully saturated rings. The number of nitrogens with one attached hydrogen (secondary N) is 1. The van der Waals surface area contributed by atoms with E-state index in [4.69, 9.17) is 0 Å². The number of urea groups is 1. The maximum atomic E-state index is 12.3. The van der Waals surface area contributed by atoms with E-state index in [1.807, 2.05) is 35.2 Å². The average Bonchev–Trinajstić information content (AvgIpc) is 2.73. The molecule has 1 aliphatic rings. The molecular weight excluding hydrogens is 350 g/mol. The van der Waals surface area contributed by atoms with Crippen LogP contribution < -0.4 is 5.32 Å². The number of likely N-dealkylation sites (tertiary alicyclic amines) is 1. The minimum absolute atomic E-state index is 0.0549. The molecule has 0 aliphatic carbocycles. The van der Waals surface area contributed by atoms with Gasteiger partial charge >= 0.3 is 6.03 Å². The summed E-state index contributed by atoms with van der Waals surface area (Å²) in [4.78, 5) is 27.8. The molecule has 1 heterocycles. The molecule has 0 aromatic heterocycles. The van der Waals surface area contributed by atoms with Crippen LogP contribution >= 0.6 is 0 Å². The molecule has 2 aromatic rings. The first-order chi connectivity index (χ1) is 13.5. The third kappa shape index (κ3) is 5.35. The maximum absolute atomic E-state index is 12.3. The average molecular weight is 380 g/mol. The Hall–Kier alpha value is -2.82. The van der Waals surface area contributed by atoms with Crippen molar-refractivity contribution in [3.8, 4) is 11.1 Å². The van der Waals surface area contributed by atoms with Gasteiger partial charge in [-0.05, 0) is 35.4 Å². The Morgan fingerprint density at radius 2 is 1.57 bits per heavy atom. The van der Waals surface area contributed by atoms with Crippen molar-refractivity contribution >= 4 is 11.9 Å². The molecule has 148 valence electrons. The predicted octanol–water partition coefficient (Wildman–Crippen LogP) is 3.41. The van der Waals surface area contributed by atoms with Gasteiger partial charge in [0.1, 0.15) is 0 Å². The van der Waals surface area contributed by atoms with Crippen molar-refractivity contribution in [2.24, 2.45) is 5.92 Å². The van der Waals surface area contributed by atoms with Crippen LogP contribution in [0.25, 0.3) is 11.1 Å². The number of carbonyl (C=O) groups is 2. The molecule has 3 amide bonds. The van der Waals surface area contributed by atoms with E-state index in [1.165, 1.54) is 5.56 Å². The van der Waals surface area contributed by atoms with Crippen LogP contribution in [-0.2, 0) is 11.2 Å². The molecule has 0 atom stereocenters. The smallest absolute Gasteiger partial charge is 0.319 e. The van der Waals surface area contributed by atoms with Crippen LogP contribution in [0.1, 0.15) is 18.4 Å². The zero-order chi connectivity index (χ0) is 19.9. The van der Waals surface area contributed by atoms with Gasteiger partial charge in [0.2, 0.25) is 5.91 Å². The van der Waals surface area contributed by atoms with Crippen LogP contribution in [0.15, 0.2) is 54.6 Å². The van der Waals surface area contributed by atoms with Crippen molar-refractivity contribution < 1.29 is 9.59 Å². The number of hydrogen-bond donors (Lipinski definition) is 1. The van der Waals surface area contributed by atoms with Crippen molar-refractivity contribution in [3.63, 3.8) is 0 Å². The normalized spacial score (nSPS) is 14.6. The highest BCUT2D eigenvalue weighted by Crippen LogP contribution is 2.20. The zero-order valence-electron chi connectivity index (χ0n) is 16.7. The van der Waals surface area contributed by atoms with Crippen LogP contribution in [0.2, 0.25) is 0 Å². The third-order valence-electron chi connectivity index (χ3n) is 5.28. The van der Waals surface area contributed by atoms with E-state index in [9.17, 15) is 9.59 Å². The molecule has 28 heavy (non-hydrogen) atoms. The Morgan fingerprint density at radius 1 is 0.964 bits per heavy atom. The van der Waals surface area contributed by atoms with E-state index in [0.29, 0.717) is 18.9 Å². The Bertz CT molecular complexity index is 779. The standard InChI is InChI=1S/C23H29N3O2/c1-25(2)23(28)26-14-12-19(13-15-26)17-24-22(27)16-18-8-10-21(11-9-18)20-6-4-3-5-7-20/h3-11,19H,12-17H2,1-2H3,(H,24,27). The Balaban J connectivity index is 1.42. The highest BCUT2D eigenvalue weighted by Gasteiger charge is 2.23. The number of piperidine rings is 1. The van der Waals surface area contributed by atoms with Crippen molar-refractivity contribution in [1.29, 1.82) is 0 Å². The minimum atomic E-state index is 0.0549. The summed E-state index contributed by atoms with van der Waals surface area (Å²) in [5, 5.41) is 3.06. The SMILES string of the molecule is CN(C)C(=O)N1CCC(CNC(=O)Cc2ccc(-c3ccccc3)cc2)CC1. The summed E-state index contributed by atoms with van der Waals surface area (Å²) >= 11 is 0. The summed E-state index contributed by atoms with van der Waals surface area (Å²) in [7, 11) is 3.56. The van der Waals surface area contributed by atoms with Crippen molar-refractivity contribution in [1.82, 2.24) is 15.1 Å². The number of benzene rings is 2. The van der Waals surface area contributed by atoms with Gasteiger partial charge in [0.25, 0.3) is 0 Å². The molecule has 0 bridgehead atoms. The molecule has 1 N–H and O–H groups in total. The lowest BCUT2D eigenvalue weighted by Crippen LogP contribution is -2.45. The lowest BCUT2D eigenvalue weighted by Gasteiger charge is -2.33. The highest BCUT2D eigenvalue weighted by molar-refractivity contribution is 5.79. The van der Waals surface area contributed by atoms with E-state index in [1.54, 1.807) is 19.0 Å². The summed E-state index contributed by atoms with van der Waals surface area (Å²) < 4.78 is 0. The molecule has 5 nitrogen and oxygen atoms in total. The highest BCUT2D eigenvalue weighted by atomic mass is 16.2. The molecule has 0 saturated carbocycles. The number of carbonyl (C=O) groups excluding carboxylic acids is 2. The number of nitrogens with zero attached hydrogens (tertiary/aromatic N) is 2. The first-order valence-corrected chi connectivity index (χ1v) is 9.90. The molecule has 0 radical (unpaired) electrons. The molecule has 3 rings (SSSR count). The van der Waals surface area contributed by atoms with Crippen LogP contribution in [-0.4, -0.2) is 55.5 Å². The summed E-state index contributed by atoms with van der Waals surface area (Å²) in [5.41, 5.74) is 3.35. The maximum Gasteiger partial charge on any atom is 0.319 e. The quantitative estimate of drug-likeness (QED) is 0.866. The van der Waals surface area contributed by atoms with E-state index in [0.717, 1.165) is 37.1 Å². The van der Waals surface area contributed by atoms with Gasteiger partial charge in [-0.25, -0.2) is 4.79 Å². The summed E-state index contributed by atoms with van der Waals surface area (Å²) in [6.07, 6.45) is 2.27. The van der Waals surface area contributed by atoms with E-state index < -0.39 is 0 Å². The fourth-order valence-electron chi connectivity index (χ4n) is 3.56. The van der Waals surface area contributed by atoms with Crippen molar-refractivity contribution in [3.05, 3.63) is 60.2 Å². The second-order valence-corrected chi connectivity index (χ2v) is 7.65. The van der Waals surface area contributed by atoms with Crippen LogP contribution in [0.4, 0.5) is 4.79 Å².